The maximum absolute atomic E-state index is 11.8. The molecule has 1 atom stereocenters. The minimum atomic E-state index is -4.32. The van der Waals surface area contributed by atoms with Gasteiger partial charge in [0.15, 0.2) is 6.61 Å². The fourth-order valence-electron chi connectivity index (χ4n) is 1.37. The highest BCUT2D eigenvalue weighted by atomic mass is 19.4. The lowest BCUT2D eigenvalue weighted by molar-refractivity contribution is -0.192. The predicted octanol–water partition coefficient (Wildman–Crippen LogP) is 2.80. The van der Waals surface area contributed by atoms with Gasteiger partial charge in [-0.1, -0.05) is 12.1 Å². The first-order valence-electron chi connectivity index (χ1n) is 5.59. The molecule has 0 amide bonds. The summed E-state index contributed by atoms with van der Waals surface area (Å²) in [6.45, 7) is 0.452. The number of alkyl halides is 3. The number of benzene rings is 1. The summed E-state index contributed by atoms with van der Waals surface area (Å²) in [5, 5.41) is 9.09. The Kier molecular flexibility index (Phi) is 5.43. The second-order valence-electron chi connectivity index (χ2n) is 4.13. The van der Waals surface area contributed by atoms with Crippen molar-refractivity contribution in [3.63, 3.8) is 0 Å². The molecular weight excluding hydrogens is 247 g/mol. The van der Waals surface area contributed by atoms with E-state index in [0.29, 0.717) is 12.8 Å². The number of nitrogens with one attached hydrogen (secondary N) is 1. The van der Waals surface area contributed by atoms with Gasteiger partial charge in [0.25, 0.3) is 0 Å². The smallest absolute Gasteiger partial charge is 0.413 e. The number of phenolic OH excluding ortho intramolecular Hbond substituents is 1. The van der Waals surface area contributed by atoms with Gasteiger partial charge in [0.2, 0.25) is 0 Å². The molecule has 18 heavy (non-hydrogen) atoms. The molecule has 0 radical (unpaired) electrons. The van der Waals surface area contributed by atoms with Crippen molar-refractivity contribution in [1.29, 1.82) is 0 Å². The van der Waals surface area contributed by atoms with Gasteiger partial charge < -0.3 is 5.11 Å². The summed E-state index contributed by atoms with van der Waals surface area (Å²) in [5.74, 6) is 0.193. The van der Waals surface area contributed by atoms with Crippen molar-refractivity contribution >= 4 is 0 Å². The minimum Gasteiger partial charge on any atom is -0.508 e. The highest BCUT2D eigenvalue weighted by molar-refractivity contribution is 5.25. The maximum atomic E-state index is 11.8. The van der Waals surface area contributed by atoms with Gasteiger partial charge in [-0.2, -0.15) is 18.7 Å². The van der Waals surface area contributed by atoms with E-state index in [4.69, 9.17) is 5.11 Å². The fourth-order valence-corrected chi connectivity index (χ4v) is 1.37. The normalized spacial score (nSPS) is 13.6. The fraction of sp³-hybridized carbons (Fsp3) is 0.500. The predicted molar refractivity (Wildman–Crippen MR) is 61.0 cm³/mol. The van der Waals surface area contributed by atoms with Crippen molar-refractivity contribution < 1.29 is 23.1 Å². The second-order valence-corrected chi connectivity index (χ2v) is 4.13. The van der Waals surface area contributed by atoms with Crippen molar-refractivity contribution in [3.05, 3.63) is 29.8 Å². The van der Waals surface area contributed by atoms with E-state index in [0.717, 1.165) is 5.56 Å². The van der Waals surface area contributed by atoms with E-state index in [-0.39, 0.29) is 11.8 Å². The van der Waals surface area contributed by atoms with Crippen LogP contribution in [-0.2, 0) is 11.3 Å². The Morgan fingerprint density at radius 2 is 1.89 bits per heavy atom. The first-order chi connectivity index (χ1) is 8.37. The van der Waals surface area contributed by atoms with E-state index in [1.807, 2.05) is 0 Å². The Morgan fingerprint density at radius 1 is 1.28 bits per heavy atom. The average molecular weight is 263 g/mol. The van der Waals surface area contributed by atoms with Crippen LogP contribution in [0.1, 0.15) is 18.9 Å². The molecule has 0 aromatic heterocycles. The lowest BCUT2D eigenvalue weighted by atomic mass is 10.1. The summed E-state index contributed by atoms with van der Waals surface area (Å²) in [5.41, 5.74) is 3.36. The van der Waals surface area contributed by atoms with E-state index >= 15 is 0 Å². The summed E-state index contributed by atoms with van der Waals surface area (Å²) in [4.78, 5) is 4.35. The Hall–Kier alpha value is -1.27. The number of halogens is 3. The average Bonchev–Trinajstić information content (AvgIpc) is 2.26. The van der Waals surface area contributed by atoms with Gasteiger partial charge in [-0.3, -0.25) is 4.84 Å². The molecule has 1 aromatic rings. The van der Waals surface area contributed by atoms with Crippen molar-refractivity contribution in [1.82, 2.24) is 5.48 Å². The molecule has 0 aliphatic carbocycles. The van der Waals surface area contributed by atoms with Gasteiger partial charge in [0.05, 0.1) is 0 Å². The quantitative estimate of drug-likeness (QED) is 0.775. The van der Waals surface area contributed by atoms with Gasteiger partial charge >= 0.3 is 6.18 Å². The van der Waals surface area contributed by atoms with E-state index in [9.17, 15) is 13.2 Å². The van der Waals surface area contributed by atoms with Crippen LogP contribution < -0.4 is 5.48 Å². The molecular formula is C12H16F3NO2. The summed E-state index contributed by atoms with van der Waals surface area (Å²) in [7, 11) is 0. The van der Waals surface area contributed by atoms with E-state index in [1.54, 1.807) is 31.2 Å². The number of hydrogen-bond acceptors (Lipinski definition) is 3. The maximum Gasteiger partial charge on any atom is 0.413 e. The van der Waals surface area contributed by atoms with E-state index in [1.165, 1.54) is 0 Å². The Bertz CT molecular complexity index is 351. The van der Waals surface area contributed by atoms with Crippen LogP contribution in [0.25, 0.3) is 0 Å². The summed E-state index contributed by atoms with van der Waals surface area (Å²) in [6, 6.07) is 6.53. The Morgan fingerprint density at radius 3 is 2.44 bits per heavy atom. The van der Waals surface area contributed by atoms with Gasteiger partial charge in [0, 0.05) is 6.04 Å². The summed E-state index contributed by atoms with van der Waals surface area (Å²) < 4.78 is 35.4. The van der Waals surface area contributed by atoms with Gasteiger partial charge in [-0.05, 0) is 37.5 Å². The molecule has 3 nitrogen and oxygen atoms in total. The summed E-state index contributed by atoms with van der Waals surface area (Å²) >= 11 is 0. The molecule has 1 unspecified atom stereocenters. The molecule has 0 spiro atoms. The lowest BCUT2D eigenvalue weighted by Gasteiger charge is -2.14. The van der Waals surface area contributed by atoms with E-state index < -0.39 is 12.8 Å². The first kappa shape index (κ1) is 14.8. The summed E-state index contributed by atoms with van der Waals surface area (Å²) in [6.07, 6.45) is -2.98. The van der Waals surface area contributed by atoms with Gasteiger partial charge in [-0.25, -0.2) is 0 Å². The second kappa shape index (κ2) is 6.61. The van der Waals surface area contributed by atoms with E-state index in [2.05, 4.69) is 10.3 Å². The van der Waals surface area contributed by atoms with Crippen molar-refractivity contribution in [2.75, 3.05) is 6.61 Å². The molecule has 1 aromatic carbocycles. The lowest BCUT2D eigenvalue weighted by Crippen LogP contribution is -2.31. The zero-order valence-corrected chi connectivity index (χ0v) is 10.00. The Labute approximate surface area is 104 Å². The molecule has 0 saturated carbocycles. The minimum absolute atomic E-state index is 0.179. The molecule has 0 aliphatic heterocycles. The third-order valence-electron chi connectivity index (χ3n) is 2.32. The van der Waals surface area contributed by atoms with Crippen LogP contribution in [0.4, 0.5) is 13.2 Å². The molecule has 102 valence electrons. The van der Waals surface area contributed by atoms with Crippen LogP contribution in [-0.4, -0.2) is 23.9 Å². The molecule has 6 heteroatoms. The Balaban J connectivity index is 2.21. The van der Waals surface area contributed by atoms with Crippen LogP contribution in [0.15, 0.2) is 24.3 Å². The third kappa shape index (κ3) is 6.46. The standard InChI is InChI=1S/C12H16F3NO2/c1-9(16-18-8-12(13,14)15)2-3-10-4-6-11(17)7-5-10/h4-7,9,16-17H,2-3,8H2,1H3. The number of phenols is 1. The van der Waals surface area contributed by atoms with Gasteiger partial charge in [0.1, 0.15) is 5.75 Å². The largest absolute Gasteiger partial charge is 0.508 e. The number of aromatic hydroxyl groups is 1. The molecule has 0 saturated heterocycles. The molecule has 2 N–H and O–H groups in total. The number of rotatable bonds is 6. The number of hydrogen-bond donors (Lipinski definition) is 2. The third-order valence-corrected chi connectivity index (χ3v) is 2.32. The van der Waals surface area contributed by atoms with Crippen LogP contribution in [0.3, 0.4) is 0 Å². The molecule has 0 bridgehead atoms. The molecule has 0 heterocycles. The SMILES string of the molecule is CC(CCc1ccc(O)cc1)NOCC(F)(F)F. The zero-order chi connectivity index (χ0) is 13.6. The molecule has 0 fully saturated rings. The first-order valence-corrected chi connectivity index (χ1v) is 5.59. The topological polar surface area (TPSA) is 41.5 Å². The highest BCUT2D eigenvalue weighted by Gasteiger charge is 2.27. The van der Waals surface area contributed by atoms with Gasteiger partial charge in [-0.15, -0.1) is 0 Å². The van der Waals surface area contributed by atoms with Crippen LogP contribution >= 0.6 is 0 Å². The zero-order valence-electron chi connectivity index (χ0n) is 10.00. The van der Waals surface area contributed by atoms with Crippen LogP contribution in [0, 0.1) is 0 Å². The number of aryl methyl sites for hydroxylation is 1. The molecule has 0 aliphatic rings. The van der Waals surface area contributed by atoms with Crippen molar-refractivity contribution in [2.45, 2.75) is 32.0 Å². The molecule has 1 rings (SSSR count). The highest BCUT2D eigenvalue weighted by Crippen LogP contribution is 2.14. The number of hydroxylamine groups is 1. The van der Waals surface area contributed by atoms with Crippen molar-refractivity contribution in [3.8, 4) is 5.75 Å². The van der Waals surface area contributed by atoms with Crippen LogP contribution in [0.5, 0.6) is 5.75 Å². The van der Waals surface area contributed by atoms with Crippen molar-refractivity contribution in [2.24, 2.45) is 0 Å². The van der Waals surface area contributed by atoms with Crippen LogP contribution in [0.2, 0.25) is 0 Å². The monoisotopic (exact) mass is 263 g/mol.